The Morgan fingerprint density at radius 1 is 1.11 bits per heavy atom. The fourth-order valence-electron chi connectivity index (χ4n) is 2.40. The lowest BCUT2D eigenvalue weighted by Crippen LogP contribution is -2.23. The summed E-state index contributed by atoms with van der Waals surface area (Å²) in [4.78, 5) is 12.3. The Morgan fingerprint density at radius 2 is 1.74 bits per heavy atom. The van der Waals surface area contributed by atoms with Gasteiger partial charge in [-0.3, -0.25) is 4.79 Å². The molecular formula is C19H23BrN2O4S. The molecule has 0 unspecified atom stereocenters. The number of sulfonamides is 1. The van der Waals surface area contributed by atoms with E-state index in [1.54, 1.807) is 31.4 Å². The zero-order chi connectivity index (χ0) is 20.0. The van der Waals surface area contributed by atoms with Crippen LogP contribution in [0.5, 0.6) is 5.75 Å². The molecule has 6 nitrogen and oxygen atoms in total. The number of carbonyl (C=O) groups is 1. The Kier molecular flexibility index (Phi) is 7.41. The van der Waals surface area contributed by atoms with Crippen molar-refractivity contribution in [1.29, 1.82) is 0 Å². The number of hydrogen-bond donors (Lipinski definition) is 1. The van der Waals surface area contributed by atoms with Gasteiger partial charge >= 0.3 is 0 Å². The van der Waals surface area contributed by atoms with E-state index in [4.69, 9.17) is 4.74 Å². The van der Waals surface area contributed by atoms with Gasteiger partial charge in [0.2, 0.25) is 15.9 Å². The van der Waals surface area contributed by atoms with Gasteiger partial charge in [0, 0.05) is 27.1 Å². The molecule has 0 fully saturated rings. The molecule has 0 heterocycles. The molecule has 0 saturated carbocycles. The molecule has 8 heteroatoms. The second kappa shape index (κ2) is 9.34. The maximum atomic E-state index is 12.1. The number of halogens is 1. The lowest BCUT2D eigenvalue weighted by Gasteiger charge is -2.12. The number of nitrogens with one attached hydrogen (secondary N) is 1. The molecule has 0 radical (unpaired) electrons. The number of rotatable bonds is 8. The molecule has 27 heavy (non-hydrogen) atoms. The molecule has 146 valence electrons. The van der Waals surface area contributed by atoms with Gasteiger partial charge in [-0.1, -0.05) is 18.2 Å². The Bertz CT molecular complexity index is 896. The summed E-state index contributed by atoms with van der Waals surface area (Å²) >= 11 is 3.43. The molecule has 1 N–H and O–H groups in total. The summed E-state index contributed by atoms with van der Waals surface area (Å²) < 4.78 is 31.3. The first-order chi connectivity index (χ1) is 12.7. The summed E-state index contributed by atoms with van der Waals surface area (Å²) in [5, 5.41) is 2.85. The quantitative estimate of drug-likeness (QED) is 0.664. The van der Waals surface area contributed by atoms with Gasteiger partial charge in [0.1, 0.15) is 5.75 Å². The average Bonchev–Trinajstić information content (AvgIpc) is 2.65. The van der Waals surface area contributed by atoms with Crippen molar-refractivity contribution in [3.8, 4) is 5.75 Å². The van der Waals surface area contributed by atoms with Gasteiger partial charge in [0.15, 0.2) is 0 Å². The monoisotopic (exact) mass is 454 g/mol. The van der Waals surface area contributed by atoms with Crippen LogP contribution in [-0.2, 0) is 27.8 Å². The van der Waals surface area contributed by atoms with Gasteiger partial charge < -0.3 is 10.1 Å². The minimum atomic E-state index is -3.44. The van der Waals surface area contributed by atoms with Crippen molar-refractivity contribution in [2.75, 3.05) is 21.2 Å². The van der Waals surface area contributed by atoms with E-state index in [2.05, 4.69) is 21.2 Å². The molecule has 2 rings (SSSR count). The van der Waals surface area contributed by atoms with Crippen molar-refractivity contribution in [3.05, 3.63) is 58.1 Å². The normalized spacial score (nSPS) is 11.4. The highest BCUT2D eigenvalue weighted by molar-refractivity contribution is 9.10. The van der Waals surface area contributed by atoms with Gasteiger partial charge in [-0.05, 0) is 57.7 Å². The summed E-state index contributed by atoms with van der Waals surface area (Å²) in [7, 11) is 1.15. The van der Waals surface area contributed by atoms with E-state index in [1.165, 1.54) is 18.4 Å². The Balaban J connectivity index is 1.86. The number of hydrogen-bond acceptors (Lipinski definition) is 4. The van der Waals surface area contributed by atoms with Crippen LogP contribution in [0.25, 0.3) is 0 Å². The van der Waals surface area contributed by atoms with Crippen molar-refractivity contribution in [1.82, 2.24) is 9.62 Å². The Morgan fingerprint density at radius 3 is 2.30 bits per heavy atom. The molecule has 0 aliphatic heterocycles. The predicted octanol–water partition coefficient (Wildman–Crippen LogP) is 2.96. The highest BCUT2D eigenvalue weighted by Crippen LogP contribution is 2.26. The van der Waals surface area contributed by atoms with Crippen LogP contribution in [0.3, 0.4) is 0 Å². The molecule has 0 bridgehead atoms. The number of ether oxygens (including phenoxy) is 1. The van der Waals surface area contributed by atoms with Crippen molar-refractivity contribution in [2.24, 2.45) is 0 Å². The molecule has 2 aromatic carbocycles. The fraction of sp³-hybridized carbons (Fsp3) is 0.316. The van der Waals surface area contributed by atoms with Crippen LogP contribution in [0, 0.1) is 0 Å². The highest BCUT2D eigenvalue weighted by atomic mass is 79.9. The lowest BCUT2D eigenvalue weighted by molar-refractivity contribution is -0.121. The van der Waals surface area contributed by atoms with Gasteiger partial charge in [0.05, 0.1) is 16.5 Å². The Hall–Kier alpha value is -1.90. The molecule has 0 atom stereocenters. The third-order valence-electron chi connectivity index (χ3n) is 4.05. The minimum absolute atomic E-state index is 0.0630. The number of benzene rings is 2. The average molecular weight is 455 g/mol. The molecule has 0 saturated heterocycles. The highest BCUT2D eigenvalue weighted by Gasteiger charge is 2.16. The number of amides is 1. The molecule has 2 aromatic rings. The van der Waals surface area contributed by atoms with E-state index < -0.39 is 10.0 Å². The summed E-state index contributed by atoms with van der Waals surface area (Å²) in [6.45, 7) is 0.355. The summed E-state index contributed by atoms with van der Waals surface area (Å²) in [5.41, 5.74) is 1.88. The van der Waals surface area contributed by atoms with Crippen LogP contribution >= 0.6 is 15.9 Å². The van der Waals surface area contributed by atoms with E-state index in [9.17, 15) is 13.2 Å². The summed E-state index contributed by atoms with van der Waals surface area (Å²) in [6.07, 6.45) is 0.986. The second-order valence-electron chi connectivity index (χ2n) is 6.18. The van der Waals surface area contributed by atoms with E-state index >= 15 is 0 Å². The zero-order valence-corrected chi connectivity index (χ0v) is 17.9. The van der Waals surface area contributed by atoms with Crippen molar-refractivity contribution < 1.29 is 17.9 Å². The van der Waals surface area contributed by atoms with Gasteiger partial charge in [-0.2, -0.15) is 0 Å². The minimum Gasteiger partial charge on any atom is -0.496 e. The first-order valence-electron chi connectivity index (χ1n) is 8.34. The van der Waals surface area contributed by atoms with Crippen LogP contribution in [0.15, 0.2) is 51.8 Å². The first-order valence-corrected chi connectivity index (χ1v) is 10.6. The number of nitrogens with zero attached hydrogens (tertiary/aromatic N) is 1. The first kappa shape index (κ1) is 21.4. The molecule has 0 aliphatic rings. The number of carbonyl (C=O) groups excluding carboxylic acids is 1. The van der Waals surface area contributed by atoms with Crippen molar-refractivity contribution in [2.45, 2.75) is 24.3 Å². The largest absolute Gasteiger partial charge is 0.496 e. The van der Waals surface area contributed by atoms with Gasteiger partial charge in [-0.25, -0.2) is 12.7 Å². The lowest BCUT2D eigenvalue weighted by atomic mass is 10.1. The van der Waals surface area contributed by atoms with E-state index in [0.717, 1.165) is 21.3 Å². The van der Waals surface area contributed by atoms with Crippen LogP contribution < -0.4 is 10.1 Å². The van der Waals surface area contributed by atoms with Crippen LogP contribution in [0.4, 0.5) is 0 Å². The third kappa shape index (κ3) is 5.79. The van der Waals surface area contributed by atoms with Gasteiger partial charge in [0.25, 0.3) is 0 Å². The Labute approximate surface area is 168 Å². The topological polar surface area (TPSA) is 75.7 Å². The second-order valence-corrected chi connectivity index (χ2v) is 9.18. The molecular weight excluding hydrogens is 432 g/mol. The van der Waals surface area contributed by atoms with Crippen molar-refractivity contribution >= 4 is 31.9 Å². The van der Waals surface area contributed by atoms with E-state index in [1.807, 2.05) is 18.2 Å². The van der Waals surface area contributed by atoms with E-state index in [0.29, 0.717) is 19.4 Å². The van der Waals surface area contributed by atoms with Crippen LogP contribution in [0.1, 0.15) is 17.5 Å². The SMILES string of the molecule is COc1ccc(CCC(=O)NCc2ccc(S(=O)(=O)N(C)C)cc2)cc1Br. The molecule has 0 aliphatic carbocycles. The predicted molar refractivity (Wildman–Crippen MR) is 108 cm³/mol. The number of aryl methyl sites for hydroxylation is 1. The van der Waals surface area contributed by atoms with Crippen LogP contribution in [-0.4, -0.2) is 39.8 Å². The summed E-state index contributed by atoms with van der Waals surface area (Å²) in [6, 6.07) is 12.2. The smallest absolute Gasteiger partial charge is 0.242 e. The number of methoxy groups -OCH3 is 1. The standard InChI is InChI=1S/C19H23BrN2O4S/c1-22(2)27(24,25)16-8-4-15(5-9-16)13-21-19(23)11-7-14-6-10-18(26-3)17(20)12-14/h4-6,8-10,12H,7,11,13H2,1-3H3,(H,21,23). The maximum absolute atomic E-state index is 12.1. The molecule has 1 amide bonds. The summed E-state index contributed by atoms with van der Waals surface area (Å²) in [5.74, 6) is 0.690. The van der Waals surface area contributed by atoms with Gasteiger partial charge in [-0.15, -0.1) is 0 Å². The maximum Gasteiger partial charge on any atom is 0.242 e. The zero-order valence-electron chi connectivity index (χ0n) is 15.5. The fourth-order valence-corrected chi connectivity index (χ4v) is 3.89. The third-order valence-corrected chi connectivity index (χ3v) is 6.50. The molecule has 0 spiro atoms. The van der Waals surface area contributed by atoms with Crippen LogP contribution in [0.2, 0.25) is 0 Å². The van der Waals surface area contributed by atoms with E-state index in [-0.39, 0.29) is 10.8 Å². The van der Waals surface area contributed by atoms with Crippen molar-refractivity contribution in [3.63, 3.8) is 0 Å². The molecule has 0 aromatic heterocycles.